The number of benzene rings is 3. The summed E-state index contributed by atoms with van der Waals surface area (Å²) < 4.78 is 36.5. The zero-order valence-electron chi connectivity index (χ0n) is 20.8. The van der Waals surface area contributed by atoms with E-state index < -0.39 is 30.7 Å². The highest BCUT2D eigenvalue weighted by molar-refractivity contribution is 5.26. The molecule has 0 amide bonds. The fraction of sp³-hybridized carbons (Fsp3) is 0.333. The third-order valence-corrected chi connectivity index (χ3v) is 6.17. The van der Waals surface area contributed by atoms with Gasteiger partial charge < -0.3 is 28.4 Å². The van der Waals surface area contributed by atoms with Crippen LogP contribution in [0.2, 0.25) is 0 Å². The number of hydrogen-bond acceptors (Lipinski definition) is 6. The average Bonchev–Trinajstić information content (AvgIpc) is 2.95. The van der Waals surface area contributed by atoms with E-state index in [1.807, 2.05) is 84.9 Å². The lowest BCUT2D eigenvalue weighted by molar-refractivity contribution is -0.309. The first kappa shape index (κ1) is 26.1. The molecular weight excluding hydrogens is 456 g/mol. The molecule has 3 aromatic carbocycles. The Bertz CT molecular complexity index is 1040. The summed E-state index contributed by atoms with van der Waals surface area (Å²) in [6, 6.07) is 27.8. The lowest BCUT2D eigenvalue weighted by atomic mass is 9.97. The Balaban J connectivity index is 1.56. The molecule has 1 fully saturated rings. The summed E-state index contributed by atoms with van der Waals surface area (Å²) in [4.78, 5) is 0. The van der Waals surface area contributed by atoms with Gasteiger partial charge in [0.25, 0.3) is 0 Å². The van der Waals surface area contributed by atoms with Crippen LogP contribution in [0, 0.1) is 0 Å². The SMILES string of the molecule is C=C[C@H]1O[C@H](OC)[C@@H](OCc2ccc(OC)cc2)[C@@H](OCc2ccccc2)[C@@H]1OCc1ccccc1. The second-order valence-corrected chi connectivity index (χ2v) is 8.59. The average molecular weight is 491 g/mol. The molecule has 3 aromatic rings. The van der Waals surface area contributed by atoms with Gasteiger partial charge in [0.15, 0.2) is 6.29 Å². The fourth-order valence-corrected chi connectivity index (χ4v) is 4.22. The van der Waals surface area contributed by atoms with Crippen LogP contribution in [0.5, 0.6) is 5.75 Å². The molecule has 1 aliphatic heterocycles. The molecule has 0 spiro atoms. The first-order valence-electron chi connectivity index (χ1n) is 12.1. The van der Waals surface area contributed by atoms with Crippen LogP contribution < -0.4 is 4.74 Å². The first-order valence-corrected chi connectivity index (χ1v) is 12.1. The number of methoxy groups -OCH3 is 2. The Labute approximate surface area is 213 Å². The van der Waals surface area contributed by atoms with Crippen LogP contribution in [0.25, 0.3) is 0 Å². The predicted molar refractivity (Wildman–Crippen MR) is 137 cm³/mol. The Morgan fingerprint density at radius 3 is 1.67 bits per heavy atom. The van der Waals surface area contributed by atoms with E-state index in [4.69, 9.17) is 28.4 Å². The molecule has 0 aliphatic carbocycles. The van der Waals surface area contributed by atoms with Gasteiger partial charge in [-0.2, -0.15) is 0 Å². The summed E-state index contributed by atoms with van der Waals surface area (Å²) in [5.41, 5.74) is 3.12. The topological polar surface area (TPSA) is 55.4 Å². The summed E-state index contributed by atoms with van der Waals surface area (Å²) in [5, 5.41) is 0. The van der Waals surface area contributed by atoms with Crippen molar-refractivity contribution in [2.75, 3.05) is 14.2 Å². The minimum atomic E-state index is -0.649. The van der Waals surface area contributed by atoms with Crippen molar-refractivity contribution in [3.8, 4) is 5.75 Å². The lowest BCUT2D eigenvalue weighted by Crippen LogP contribution is -2.60. The van der Waals surface area contributed by atoms with Crippen molar-refractivity contribution in [1.82, 2.24) is 0 Å². The Morgan fingerprint density at radius 2 is 1.17 bits per heavy atom. The molecule has 0 unspecified atom stereocenters. The number of hydrogen-bond donors (Lipinski definition) is 0. The van der Waals surface area contributed by atoms with Crippen LogP contribution in [0.15, 0.2) is 97.6 Å². The van der Waals surface area contributed by atoms with Gasteiger partial charge in [0.05, 0.1) is 26.9 Å². The molecular formula is C30H34O6. The van der Waals surface area contributed by atoms with E-state index in [0.717, 1.165) is 22.4 Å². The number of rotatable bonds is 12. The van der Waals surface area contributed by atoms with Gasteiger partial charge in [0.2, 0.25) is 0 Å². The van der Waals surface area contributed by atoms with Crippen molar-refractivity contribution in [3.05, 3.63) is 114 Å². The van der Waals surface area contributed by atoms with Crippen molar-refractivity contribution >= 4 is 0 Å². The highest BCUT2D eigenvalue weighted by Gasteiger charge is 2.47. The third-order valence-electron chi connectivity index (χ3n) is 6.17. The van der Waals surface area contributed by atoms with Gasteiger partial charge in [-0.25, -0.2) is 0 Å². The van der Waals surface area contributed by atoms with E-state index in [2.05, 4.69) is 6.58 Å². The summed E-state index contributed by atoms with van der Waals surface area (Å²) in [6.07, 6.45) is -0.783. The summed E-state index contributed by atoms with van der Waals surface area (Å²) in [7, 11) is 3.25. The summed E-state index contributed by atoms with van der Waals surface area (Å²) in [6.45, 7) is 5.14. The normalized spacial score (nSPS) is 23.8. The highest BCUT2D eigenvalue weighted by Crippen LogP contribution is 2.31. The van der Waals surface area contributed by atoms with E-state index in [-0.39, 0.29) is 0 Å². The van der Waals surface area contributed by atoms with Gasteiger partial charge in [0.1, 0.15) is 30.2 Å². The van der Waals surface area contributed by atoms with Gasteiger partial charge >= 0.3 is 0 Å². The zero-order valence-corrected chi connectivity index (χ0v) is 20.8. The van der Waals surface area contributed by atoms with Gasteiger partial charge in [0, 0.05) is 7.11 Å². The predicted octanol–water partition coefficient (Wildman–Crippen LogP) is 5.31. The summed E-state index contributed by atoms with van der Waals surface area (Å²) >= 11 is 0. The first-order chi connectivity index (χ1) is 17.7. The standard InChI is InChI=1S/C30H34O6/c1-4-26-27(33-19-22-11-7-5-8-12-22)28(34-20-23-13-9-6-10-14-23)29(30(32-3)36-26)35-21-24-15-17-25(31-2)18-16-24/h4-18,26-30H,1,19-21H2,2-3H3/t26-,27-,28+,29+,30+/m1/s1. The van der Waals surface area contributed by atoms with Gasteiger partial charge in [-0.3, -0.25) is 0 Å². The van der Waals surface area contributed by atoms with E-state index in [9.17, 15) is 0 Å². The van der Waals surface area contributed by atoms with Crippen LogP contribution in [-0.4, -0.2) is 44.9 Å². The molecule has 5 atom stereocenters. The van der Waals surface area contributed by atoms with Crippen molar-refractivity contribution < 1.29 is 28.4 Å². The largest absolute Gasteiger partial charge is 0.497 e. The quantitative estimate of drug-likeness (QED) is 0.321. The van der Waals surface area contributed by atoms with Crippen molar-refractivity contribution in [3.63, 3.8) is 0 Å². The Morgan fingerprint density at radius 1 is 0.667 bits per heavy atom. The lowest BCUT2D eigenvalue weighted by Gasteiger charge is -2.44. The maximum absolute atomic E-state index is 6.49. The molecule has 6 nitrogen and oxygen atoms in total. The minimum absolute atomic E-state index is 0.354. The van der Waals surface area contributed by atoms with Crippen LogP contribution in [0.3, 0.4) is 0 Å². The molecule has 36 heavy (non-hydrogen) atoms. The van der Waals surface area contributed by atoms with Crippen molar-refractivity contribution in [1.29, 1.82) is 0 Å². The molecule has 0 aromatic heterocycles. The van der Waals surface area contributed by atoms with Gasteiger partial charge in [-0.15, -0.1) is 6.58 Å². The molecule has 0 radical (unpaired) electrons. The third kappa shape index (κ3) is 6.81. The van der Waals surface area contributed by atoms with Crippen molar-refractivity contribution in [2.24, 2.45) is 0 Å². The molecule has 190 valence electrons. The van der Waals surface area contributed by atoms with Gasteiger partial charge in [-0.1, -0.05) is 78.9 Å². The minimum Gasteiger partial charge on any atom is -0.497 e. The maximum atomic E-state index is 6.49. The Hall–Kier alpha value is -3.00. The Kier molecular flexibility index (Phi) is 9.67. The monoisotopic (exact) mass is 490 g/mol. The molecule has 0 N–H and O–H groups in total. The molecule has 0 bridgehead atoms. The fourth-order valence-electron chi connectivity index (χ4n) is 4.22. The van der Waals surface area contributed by atoms with Crippen LogP contribution in [0.4, 0.5) is 0 Å². The van der Waals surface area contributed by atoms with E-state index >= 15 is 0 Å². The smallest absolute Gasteiger partial charge is 0.186 e. The number of ether oxygens (including phenoxy) is 6. The molecule has 1 aliphatic rings. The second kappa shape index (κ2) is 13.3. The molecule has 4 rings (SSSR count). The molecule has 1 heterocycles. The van der Waals surface area contributed by atoms with Crippen molar-refractivity contribution in [2.45, 2.75) is 50.5 Å². The van der Waals surface area contributed by atoms with E-state index in [1.165, 1.54) is 0 Å². The van der Waals surface area contributed by atoms with Gasteiger partial charge in [-0.05, 0) is 28.8 Å². The second-order valence-electron chi connectivity index (χ2n) is 8.59. The maximum Gasteiger partial charge on any atom is 0.186 e. The summed E-state index contributed by atoms with van der Waals surface area (Å²) in [5.74, 6) is 0.793. The van der Waals surface area contributed by atoms with Crippen LogP contribution >= 0.6 is 0 Å². The molecule has 6 heteroatoms. The zero-order chi connectivity index (χ0) is 25.2. The molecule has 0 saturated carbocycles. The van der Waals surface area contributed by atoms with Crippen LogP contribution in [0.1, 0.15) is 16.7 Å². The molecule has 1 saturated heterocycles. The van der Waals surface area contributed by atoms with E-state index in [0.29, 0.717) is 19.8 Å². The highest BCUT2D eigenvalue weighted by atomic mass is 16.7. The van der Waals surface area contributed by atoms with E-state index in [1.54, 1.807) is 20.3 Å². The van der Waals surface area contributed by atoms with Crippen LogP contribution in [-0.2, 0) is 43.5 Å².